The van der Waals surface area contributed by atoms with Crippen LogP contribution in [0, 0.1) is 34.5 Å². The van der Waals surface area contributed by atoms with E-state index in [4.69, 9.17) is 22.3 Å². The Morgan fingerprint density at radius 3 is 1.69 bits per heavy atom. The zero-order valence-corrected chi connectivity index (χ0v) is 7.33. The molecule has 1 fully saturated rings. The molecule has 4 unspecified atom stereocenters. The van der Waals surface area contributed by atoms with E-state index in [2.05, 4.69) is 12.2 Å². The molecule has 2 bridgehead atoms. The summed E-state index contributed by atoms with van der Waals surface area (Å²) in [5.74, 6) is 1.00. The van der Waals surface area contributed by atoms with Crippen LogP contribution in [0.3, 0.4) is 0 Å². The van der Waals surface area contributed by atoms with E-state index in [1.54, 1.807) is 0 Å². The molecule has 0 heterocycles. The lowest BCUT2D eigenvalue weighted by Gasteiger charge is -2.25. The molecule has 1 saturated carbocycles. The van der Waals surface area contributed by atoms with Gasteiger partial charge >= 0.3 is 0 Å². The van der Waals surface area contributed by atoms with Crippen molar-refractivity contribution in [1.82, 2.24) is 0 Å². The van der Waals surface area contributed by atoms with Crippen molar-refractivity contribution in [2.45, 2.75) is 6.42 Å². The maximum Gasteiger partial charge on any atom is 0.0950 e. The van der Waals surface area contributed by atoms with E-state index >= 15 is 0 Å². The predicted molar refractivity (Wildman–Crippen MR) is 51.5 cm³/mol. The fourth-order valence-electron chi connectivity index (χ4n) is 2.67. The van der Waals surface area contributed by atoms with Gasteiger partial charge in [-0.15, -0.1) is 0 Å². The van der Waals surface area contributed by atoms with Gasteiger partial charge in [-0.25, -0.2) is 0 Å². The second-order valence-electron chi connectivity index (χ2n) is 3.91. The molecular weight excluding hydrogens is 164 g/mol. The van der Waals surface area contributed by atoms with Gasteiger partial charge in [0, 0.05) is 11.8 Å². The molecule has 70 valence electrons. The minimum absolute atomic E-state index is 0.0208. The summed E-state index contributed by atoms with van der Waals surface area (Å²) in [7, 11) is 0. The Bertz CT molecular complexity index is 266. The number of hydrogen-bond donors (Lipinski definition) is 4. The second-order valence-corrected chi connectivity index (χ2v) is 3.91. The van der Waals surface area contributed by atoms with Crippen LogP contribution in [0.15, 0.2) is 12.2 Å². The molecule has 4 heteroatoms. The molecular formula is C9H14N4. The average molecular weight is 178 g/mol. The van der Waals surface area contributed by atoms with Gasteiger partial charge in [0.2, 0.25) is 0 Å². The van der Waals surface area contributed by atoms with Crippen molar-refractivity contribution in [3.8, 4) is 0 Å². The third-order valence-electron chi connectivity index (χ3n) is 3.18. The lowest BCUT2D eigenvalue weighted by atomic mass is 9.81. The fraction of sp³-hybridized carbons (Fsp3) is 0.556. The Hall–Kier alpha value is -1.32. The highest BCUT2D eigenvalue weighted by atomic mass is 14.8. The Morgan fingerprint density at radius 1 is 1.00 bits per heavy atom. The van der Waals surface area contributed by atoms with Crippen molar-refractivity contribution in [3.05, 3.63) is 12.2 Å². The van der Waals surface area contributed by atoms with Gasteiger partial charge in [0.25, 0.3) is 0 Å². The van der Waals surface area contributed by atoms with E-state index in [0.29, 0.717) is 11.8 Å². The second kappa shape index (κ2) is 2.58. The SMILES string of the molecule is N=C(N)C1C2C=CC(C2)C1C(=N)N. The van der Waals surface area contributed by atoms with Crippen molar-refractivity contribution in [3.63, 3.8) is 0 Å². The summed E-state index contributed by atoms with van der Waals surface area (Å²) in [6.07, 6.45) is 5.22. The standard InChI is InChI=1S/C9H14N4/c10-8(11)6-4-1-2-5(3-4)7(6)9(12)13/h1-2,4-7H,3H2,(H3,10,11)(H3,12,13). The first kappa shape index (κ1) is 8.29. The molecule has 0 saturated heterocycles. The van der Waals surface area contributed by atoms with E-state index < -0.39 is 0 Å². The number of allylic oxidation sites excluding steroid dienone is 2. The Labute approximate surface area is 77.0 Å². The lowest BCUT2D eigenvalue weighted by molar-refractivity contribution is 0.491. The van der Waals surface area contributed by atoms with Gasteiger partial charge in [-0.1, -0.05) is 12.2 Å². The molecule has 0 aromatic heterocycles. The number of rotatable bonds is 2. The molecule has 0 spiro atoms. The highest BCUT2D eigenvalue weighted by molar-refractivity contribution is 5.90. The number of hydrogen-bond acceptors (Lipinski definition) is 2. The van der Waals surface area contributed by atoms with Gasteiger partial charge in [-0.2, -0.15) is 0 Å². The van der Waals surface area contributed by atoms with Crippen molar-refractivity contribution in [1.29, 1.82) is 10.8 Å². The van der Waals surface area contributed by atoms with Gasteiger partial charge < -0.3 is 11.5 Å². The van der Waals surface area contributed by atoms with Crippen molar-refractivity contribution < 1.29 is 0 Å². The highest BCUT2D eigenvalue weighted by Crippen LogP contribution is 2.47. The summed E-state index contributed by atoms with van der Waals surface area (Å²) >= 11 is 0. The zero-order chi connectivity index (χ0) is 9.59. The summed E-state index contributed by atoms with van der Waals surface area (Å²) in [6, 6.07) is 0. The van der Waals surface area contributed by atoms with Gasteiger partial charge in [0.05, 0.1) is 11.7 Å². The summed E-state index contributed by atoms with van der Waals surface area (Å²) < 4.78 is 0. The minimum Gasteiger partial charge on any atom is -0.387 e. The van der Waals surface area contributed by atoms with Gasteiger partial charge in [0.1, 0.15) is 0 Å². The summed E-state index contributed by atoms with van der Waals surface area (Å²) in [4.78, 5) is 0. The topological polar surface area (TPSA) is 99.7 Å². The molecule has 0 aromatic rings. The third kappa shape index (κ3) is 1.05. The molecule has 2 aliphatic carbocycles. The predicted octanol–water partition coefficient (Wildman–Crippen LogP) is 0.297. The Morgan fingerprint density at radius 2 is 1.38 bits per heavy atom. The lowest BCUT2D eigenvalue weighted by Crippen LogP contribution is -2.39. The first-order chi connectivity index (χ1) is 6.11. The van der Waals surface area contributed by atoms with Crippen molar-refractivity contribution in [2.24, 2.45) is 35.1 Å². The van der Waals surface area contributed by atoms with Crippen molar-refractivity contribution in [2.75, 3.05) is 0 Å². The Balaban J connectivity index is 2.30. The first-order valence-electron chi connectivity index (χ1n) is 4.47. The highest BCUT2D eigenvalue weighted by Gasteiger charge is 2.47. The molecule has 4 nitrogen and oxygen atoms in total. The van der Waals surface area contributed by atoms with Crippen LogP contribution in [0.4, 0.5) is 0 Å². The summed E-state index contributed by atoms with van der Waals surface area (Å²) in [6.45, 7) is 0. The maximum atomic E-state index is 7.46. The summed E-state index contributed by atoms with van der Waals surface area (Å²) in [5.41, 5.74) is 11.0. The summed E-state index contributed by atoms with van der Waals surface area (Å²) in [5, 5.41) is 14.9. The van der Waals surface area contributed by atoms with Crippen LogP contribution in [0.5, 0.6) is 0 Å². The van der Waals surface area contributed by atoms with E-state index in [0.717, 1.165) is 6.42 Å². The van der Waals surface area contributed by atoms with Gasteiger partial charge in [-0.3, -0.25) is 10.8 Å². The van der Waals surface area contributed by atoms with Crippen LogP contribution >= 0.6 is 0 Å². The average Bonchev–Trinajstić information content (AvgIpc) is 2.60. The molecule has 6 N–H and O–H groups in total. The largest absolute Gasteiger partial charge is 0.387 e. The molecule has 2 aliphatic rings. The van der Waals surface area contributed by atoms with E-state index in [1.807, 2.05) is 0 Å². The van der Waals surface area contributed by atoms with Crippen molar-refractivity contribution >= 4 is 11.7 Å². The van der Waals surface area contributed by atoms with Crippen LogP contribution in [0.2, 0.25) is 0 Å². The Kier molecular flexibility index (Phi) is 1.65. The van der Waals surface area contributed by atoms with Gasteiger partial charge in [0.15, 0.2) is 0 Å². The number of amidine groups is 2. The van der Waals surface area contributed by atoms with E-state index in [9.17, 15) is 0 Å². The minimum atomic E-state index is -0.0208. The van der Waals surface area contributed by atoms with Crippen LogP contribution < -0.4 is 11.5 Å². The third-order valence-corrected chi connectivity index (χ3v) is 3.18. The maximum absolute atomic E-state index is 7.46. The fourth-order valence-corrected chi connectivity index (χ4v) is 2.67. The molecule has 0 aliphatic heterocycles. The van der Waals surface area contributed by atoms with Gasteiger partial charge in [-0.05, 0) is 18.3 Å². The van der Waals surface area contributed by atoms with E-state index in [-0.39, 0.29) is 23.5 Å². The normalized spacial score (nSPS) is 40.9. The monoisotopic (exact) mass is 178 g/mol. The first-order valence-corrected chi connectivity index (χ1v) is 4.47. The van der Waals surface area contributed by atoms with Crippen LogP contribution in [0.25, 0.3) is 0 Å². The van der Waals surface area contributed by atoms with Crippen LogP contribution in [-0.2, 0) is 0 Å². The zero-order valence-electron chi connectivity index (χ0n) is 7.33. The number of nitrogens with two attached hydrogens (primary N) is 2. The quantitative estimate of drug-likeness (QED) is 0.278. The smallest absolute Gasteiger partial charge is 0.0950 e. The van der Waals surface area contributed by atoms with Crippen LogP contribution in [0.1, 0.15) is 6.42 Å². The molecule has 0 aromatic carbocycles. The molecule has 0 radical (unpaired) electrons. The van der Waals surface area contributed by atoms with E-state index in [1.165, 1.54) is 0 Å². The number of fused-ring (bicyclic) bond motifs is 2. The molecule has 4 atom stereocenters. The molecule has 0 amide bonds. The molecule has 2 rings (SSSR count). The van der Waals surface area contributed by atoms with Crippen LogP contribution in [-0.4, -0.2) is 11.7 Å². The molecule has 13 heavy (non-hydrogen) atoms. The number of nitrogens with one attached hydrogen (secondary N) is 2.